The summed E-state index contributed by atoms with van der Waals surface area (Å²) in [6.07, 6.45) is 6.52. The zero-order valence-electron chi connectivity index (χ0n) is 20.5. The largest absolute Gasteiger partial charge is 0.354 e. The number of hydrogen-bond acceptors (Lipinski definition) is 9. The average molecular weight is 470 g/mol. The summed E-state index contributed by atoms with van der Waals surface area (Å²) < 4.78 is 0. The van der Waals surface area contributed by atoms with Crippen molar-refractivity contribution < 1.29 is 0 Å². The number of aromatic nitrogens is 4. The molecule has 0 radical (unpaired) electrons. The predicted octanol–water partition coefficient (Wildman–Crippen LogP) is 3.99. The minimum atomic E-state index is 0.0900. The average Bonchev–Trinajstić information content (AvgIpc) is 3.22. The molecule has 4 heterocycles. The molecule has 1 atom stereocenters. The minimum absolute atomic E-state index is 0.0900. The van der Waals surface area contributed by atoms with Crippen LogP contribution in [0.4, 0.5) is 29.1 Å². The molecule has 1 fully saturated rings. The topological polar surface area (TPSA) is 106 Å². The van der Waals surface area contributed by atoms with E-state index in [2.05, 4.69) is 68.4 Å². The number of pyridine rings is 2. The van der Waals surface area contributed by atoms with Crippen molar-refractivity contribution in [1.29, 1.82) is 5.26 Å². The molecule has 35 heavy (non-hydrogen) atoms. The molecule has 0 saturated carbocycles. The SMILES string of the molecule is CCC1(C)CCc2ccc(Nc3nc(Nc4ccc(N5CCN(C)CC5)nc4)ncc3C#N)nc21. The van der Waals surface area contributed by atoms with Gasteiger partial charge in [-0.25, -0.2) is 15.0 Å². The van der Waals surface area contributed by atoms with Gasteiger partial charge in [0.05, 0.1) is 23.8 Å². The van der Waals surface area contributed by atoms with Crippen LogP contribution < -0.4 is 15.5 Å². The second-order valence-electron chi connectivity index (χ2n) is 9.63. The summed E-state index contributed by atoms with van der Waals surface area (Å²) >= 11 is 0. The molecule has 3 aromatic heterocycles. The Hall–Kier alpha value is -3.77. The molecule has 180 valence electrons. The number of rotatable bonds is 6. The van der Waals surface area contributed by atoms with Gasteiger partial charge in [0.15, 0.2) is 5.82 Å². The molecule has 1 unspecified atom stereocenters. The first-order chi connectivity index (χ1) is 17.0. The Balaban J connectivity index is 1.33. The van der Waals surface area contributed by atoms with Crippen LogP contribution in [0.3, 0.4) is 0 Å². The summed E-state index contributed by atoms with van der Waals surface area (Å²) in [5, 5.41) is 16.0. The summed E-state index contributed by atoms with van der Waals surface area (Å²) in [5.41, 5.74) is 3.68. The Bertz CT molecular complexity index is 1240. The third kappa shape index (κ3) is 4.75. The number of likely N-dealkylation sites (N-methyl/N-ethyl adjacent to an activating group) is 1. The Morgan fingerprint density at radius 2 is 1.86 bits per heavy atom. The lowest BCUT2D eigenvalue weighted by Gasteiger charge is -2.33. The summed E-state index contributed by atoms with van der Waals surface area (Å²) in [7, 11) is 2.14. The fraction of sp³-hybridized carbons (Fsp3) is 0.423. The monoisotopic (exact) mass is 469 g/mol. The third-order valence-corrected chi connectivity index (χ3v) is 7.26. The van der Waals surface area contributed by atoms with E-state index in [0.717, 1.165) is 62.6 Å². The first-order valence-electron chi connectivity index (χ1n) is 12.2. The van der Waals surface area contributed by atoms with Crippen LogP contribution in [0.15, 0.2) is 36.7 Å². The summed E-state index contributed by atoms with van der Waals surface area (Å²) in [5.74, 6) is 2.47. The van der Waals surface area contributed by atoms with E-state index in [0.29, 0.717) is 23.1 Å². The number of hydrogen-bond donors (Lipinski definition) is 2. The highest BCUT2D eigenvalue weighted by molar-refractivity contribution is 5.64. The lowest BCUT2D eigenvalue weighted by molar-refractivity contribution is 0.312. The molecular weight excluding hydrogens is 438 g/mol. The number of anilines is 5. The highest BCUT2D eigenvalue weighted by atomic mass is 15.3. The Morgan fingerprint density at radius 1 is 1.03 bits per heavy atom. The highest BCUT2D eigenvalue weighted by Gasteiger charge is 2.34. The summed E-state index contributed by atoms with van der Waals surface area (Å²) in [6.45, 7) is 8.49. The summed E-state index contributed by atoms with van der Waals surface area (Å²) in [6, 6.07) is 10.2. The summed E-state index contributed by atoms with van der Waals surface area (Å²) in [4.78, 5) is 23.0. The van der Waals surface area contributed by atoms with Crippen molar-refractivity contribution in [2.24, 2.45) is 0 Å². The second-order valence-corrected chi connectivity index (χ2v) is 9.63. The second kappa shape index (κ2) is 9.47. The van der Waals surface area contributed by atoms with E-state index in [9.17, 15) is 5.26 Å². The molecule has 9 nitrogen and oxygen atoms in total. The van der Waals surface area contributed by atoms with Crippen molar-refractivity contribution >= 4 is 29.1 Å². The van der Waals surface area contributed by atoms with Gasteiger partial charge in [0.2, 0.25) is 5.95 Å². The van der Waals surface area contributed by atoms with E-state index in [1.807, 2.05) is 18.2 Å². The molecule has 1 aliphatic heterocycles. The molecular formula is C26H31N9. The lowest BCUT2D eigenvalue weighted by Crippen LogP contribution is -2.44. The van der Waals surface area contributed by atoms with Crippen molar-refractivity contribution in [3.05, 3.63) is 53.5 Å². The van der Waals surface area contributed by atoms with E-state index in [1.165, 1.54) is 11.8 Å². The molecule has 0 amide bonds. The zero-order chi connectivity index (χ0) is 24.4. The van der Waals surface area contributed by atoms with Gasteiger partial charge < -0.3 is 20.4 Å². The molecule has 1 saturated heterocycles. The quantitative estimate of drug-likeness (QED) is 0.554. The van der Waals surface area contributed by atoms with Crippen LogP contribution in [-0.4, -0.2) is 58.1 Å². The molecule has 9 heteroatoms. The molecule has 2 N–H and O–H groups in total. The van der Waals surface area contributed by atoms with E-state index in [-0.39, 0.29) is 5.41 Å². The number of nitrogens with zero attached hydrogens (tertiary/aromatic N) is 7. The number of fused-ring (bicyclic) bond motifs is 1. The van der Waals surface area contributed by atoms with Crippen LogP contribution in [0.5, 0.6) is 0 Å². The van der Waals surface area contributed by atoms with Crippen molar-refractivity contribution in [2.45, 2.75) is 38.5 Å². The first-order valence-corrected chi connectivity index (χ1v) is 12.2. The highest BCUT2D eigenvalue weighted by Crippen LogP contribution is 2.40. The van der Waals surface area contributed by atoms with Crippen LogP contribution in [0.25, 0.3) is 0 Å². The van der Waals surface area contributed by atoms with Crippen molar-refractivity contribution in [3.63, 3.8) is 0 Å². The van der Waals surface area contributed by atoms with Gasteiger partial charge in [-0.2, -0.15) is 10.2 Å². The first kappa shape index (κ1) is 23.0. The van der Waals surface area contributed by atoms with Gasteiger partial charge >= 0.3 is 0 Å². The van der Waals surface area contributed by atoms with Gasteiger partial charge in [0, 0.05) is 31.6 Å². The maximum atomic E-state index is 9.60. The zero-order valence-corrected chi connectivity index (χ0v) is 20.5. The Morgan fingerprint density at radius 3 is 2.57 bits per heavy atom. The fourth-order valence-electron chi connectivity index (χ4n) is 4.71. The van der Waals surface area contributed by atoms with Crippen molar-refractivity contribution in [3.8, 4) is 6.07 Å². The predicted molar refractivity (Wildman–Crippen MR) is 137 cm³/mol. The lowest BCUT2D eigenvalue weighted by atomic mass is 9.85. The van der Waals surface area contributed by atoms with Gasteiger partial charge in [-0.3, -0.25) is 0 Å². The van der Waals surface area contributed by atoms with E-state index in [1.54, 1.807) is 6.20 Å². The van der Waals surface area contributed by atoms with Crippen LogP contribution in [-0.2, 0) is 11.8 Å². The normalized spacial score (nSPS) is 19.8. The molecule has 3 aromatic rings. The Kier molecular flexibility index (Phi) is 6.22. The molecule has 0 aromatic carbocycles. The Labute approximate surface area is 206 Å². The molecule has 0 spiro atoms. The minimum Gasteiger partial charge on any atom is -0.354 e. The van der Waals surface area contributed by atoms with Crippen LogP contribution in [0, 0.1) is 11.3 Å². The maximum absolute atomic E-state index is 9.60. The van der Waals surface area contributed by atoms with Gasteiger partial charge in [-0.05, 0) is 50.1 Å². The van der Waals surface area contributed by atoms with Crippen LogP contribution >= 0.6 is 0 Å². The van der Waals surface area contributed by atoms with Gasteiger partial charge in [-0.1, -0.05) is 19.9 Å². The van der Waals surface area contributed by atoms with Crippen molar-refractivity contribution in [2.75, 3.05) is 48.8 Å². The fourth-order valence-corrected chi connectivity index (χ4v) is 4.71. The number of nitrogens with one attached hydrogen (secondary N) is 2. The van der Waals surface area contributed by atoms with E-state index < -0.39 is 0 Å². The van der Waals surface area contributed by atoms with Gasteiger partial charge in [-0.15, -0.1) is 0 Å². The van der Waals surface area contributed by atoms with E-state index >= 15 is 0 Å². The molecule has 5 rings (SSSR count). The molecule has 1 aliphatic carbocycles. The number of nitriles is 1. The van der Waals surface area contributed by atoms with Gasteiger partial charge in [0.25, 0.3) is 0 Å². The van der Waals surface area contributed by atoms with Crippen molar-refractivity contribution in [1.82, 2.24) is 24.8 Å². The maximum Gasteiger partial charge on any atom is 0.229 e. The van der Waals surface area contributed by atoms with Crippen LogP contribution in [0.1, 0.15) is 43.5 Å². The third-order valence-electron chi connectivity index (χ3n) is 7.26. The van der Waals surface area contributed by atoms with E-state index in [4.69, 9.17) is 4.98 Å². The molecule has 2 aliphatic rings. The van der Waals surface area contributed by atoms with Gasteiger partial charge in [0.1, 0.15) is 23.3 Å². The molecule has 0 bridgehead atoms. The smallest absolute Gasteiger partial charge is 0.229 e. The number of piperazine rings is 1. The van der Waals surface area contributed by atoms with Crippen LogP contribution in [0.2, 0.25) is 0 Å². The standard InChI is InChI=1S/C26H31N9/c1-4-26(2)10-9-18-5-7-21(31-23(18)26)32-24-19(15-27)16-29-25(33-24)30-20-6-8-22(28-17-20)35-13-11-34(3)12-14-35/h5-8,16-17H,4,9-14H2,1-3H3,(H2,29,30,31,32,33). The number of aryl methyl sites for hydroxylation is 1.